The van der Waals surface area contributed by atoms with Gasteiger partial charge in [0.1, 0.15) is 16.9 Å². The van der Waals surface area contributed by atoms with Gasteiger partial charge in [-0.05, 0) is 41.7 Å². The molecule has 0 aliphatic heterocycles. The predicted octanol–water partition coefficient (Wildman–Crippen LogP) is 5.87. The summed E-state index contributed by atoms with van der Waals surface area (Å²) in [6.07, 6.45) is 5.42. The Morgan fingerprint density at radius 1 is 1.34 bits per heavy atom. The van der Waals surface area contributed by atoms with E-state index in [2.05, 4.69) is 61.1 Å². The SMILES string of the molecule is C=CCn1c(Cc2ccccc2)nnc1SCC(=O)Nc1sc2c(c1C#N)CC[C@H](C(C)(C)C)C2. The van der Waals surface area contributed by atoms with Crippen LogP contribution in [-0.4, -0.2) is 26.4 Å². The van der Waals surface area contributed by atoms with E-state index >= 15 is 0 Å². The van der Waals surface area contributed by atoms with Gasteiger partial charge in [-0.2, -0.15) is 5.26 Å². The maximum atomic E-state index is 12.8. The van der Waals surface area contributed by atoms with E-state index in [0.29, 0.717) is 34.6 Å². The van der Waals surface area contributed by atoms with E-state index in [9.17, 15) is 10.1 Å². The number of rotatable bonds is 8. The van der Waals surface area contributed by atoms with Crippen molar-refractivity contribution >= 4 is 34.0 Å². The van der Waals surface area contributed by atoms with Crippen LogP contribution in [0.2, 0.25) is 0 Å². The van der Waals surface area contributed by atoms with Crippen molar-refractivity contribution in [2.45, 2.75) is 58.2 Å². The lowest BCUT2D eigenvalue weighted by atomic mass is 9.72. The lowest BCUT2D eigenvalue weighted by Crippen LogP contribution is -2.26. The molecular formula is C27H31N5OS2. The normalized spacial score (nSPS) is 15.3. The molecule has 3 aromatic rings. The zero-order valence-electron chi connectivity index (χ0n) is 20.5. The van der Waals surface area contributed by atoms with Crippen LogP contribution in [-0.2, 0) is 30.6 Å². The van der Waals surface area contributed by atoms with Crippen molar-refractivity contribution in [3.8, 4) is 6.07 Å². The fourth-order valence-electron chi connectivity index (χ4n) is 4.47. The van der Waals surface area contributed by atoms with E-state index in [1.54, 1.807) is 11.3 Å². The number of amides is 1. The number of allylic oxidation sites excluding steroid dienone is 1. The number of aromatic nitrogens is 3. The van der Waals surface area contributed by atoms with E-state index in [-0.39, 0.29) is 17.1 Å². The highest BCUT2D eigenvalue weighted by Gasteiger charge is 2.32. The first-order valence-electron chi connectivity index (χ1n) is 11.8. The quantitative estimate of drug-likeness (QED) is 0.306. The molecule has 35 heavy (non-hydrogen) atoms. The number of carbonyl (C=O) groups is 1. The van der Waals surface area contributed by atoms with Crippen molar-refractivity contribution in [1.82, 2.24) is 14.8 Å². The van der Waals surface area contributed by atoms with E-state index in [4.69, 9.17) is 0 Å². The lowest BCUT2D eigenvalue weighted by Gasteiger charge is -2.33. The smallest absolute Gasteiger partial charge is 0.235 e. The molecule has 1 N–H and O–H groups in total. The molecular weight excluding hydrogens is 474 g/mol. The molecule has 0 spiro atoms. The molecule has 8 heteroatoms. The third-order valence-corrected chi connectivity index (χ3v) is 8.63. The largest absolute Gasteiger partial charge is 0.316 e. The Labute approximate surface area is 215 Å². The highest BCUT2D eigenvalue weighted by molar-refractivity contribution is 7.99. The summed E-state index contributed by atoms with van der Waals surface area (Å²) >= 11 is 2.91. The summed E-state index contributed by atoms with van der Waals surface area (Å²) in [6.45, 7) is 11.3. The molecule has 2 aromatic heterocycles. The fraction of sp³-hybridized carbons (Fsp3) is 0.407. The number of thioether (sulfide) groups is 1. The number of nitrogens with zero attached hydrogens (tertiary/aromatic N) is 4. The predicted molar refractivity (Wildman–Crippen MR) is 143 cm³/mol. The molecule has 0 bridgehead atoms. The maximum Gasteiger partial charge on any atom is 0.235 e. The van der Waals surface area contributed by atoms with Gasteiger partial charge in [-0.3, -0.25) is 4.79 Å². The third kappa shape index (κ3) is 5.85. The molecule has 0 radical (unpaired) electrons. The highest BCUT2D eigenvalue weighted by atomic mass is 32.2. The van der Waals surface area contributed by atoms with Crippen molar-refractivity contribution < 1.29 is 4.79 Å². The zero-order chi connectivity index (χ0) is 25.0. The minimum atomic E-state index is -0.143. The number of anilines is 1. The van der Waals surface area contributed by atoms with Gasteiger partial charge in [0.05, 0.1) is 11.3 Å². The van der Waals surface area contributed by atoms with Gasteiger partial charge in [0, 0.05) is 17.8 Å². The Kier molecular flexibility index (Phi) is 7.78. The highest BCUT2D eigenvalue weighted by Crippen LogP contribution is 2.44. The Morgan fingerprint density at radius 2 is 2.11 bits per heavy atom. The van der Waals surface area contributed by atoms with E-state index < -0.39 is 0 Å². The molecule has 6 nitrogen and oxygen atoms in total. The van der Waals surface area contributed by atoms with E-state index in [1.165, 1.54) is 16.6 Å². The minimum Gasteiger partial charge on any atom is -0.316 e. The van der Waals surface area contributed by atoms with Crippen LogP contribution in [0.3, 0.4) is 0 Å². The summed E-state index contributed by atoms with van der Waals surface area (Å²) in [6, 6.07) is 12.5. The number of benzene rings is 1. The summed E-state index contributed by atoms with van der Waals surface area (Å²) in [5.74, 6) is 1.47. The van der Waals surface area contributed by atoms with Crippen molar-refractivity contribution in [2.24, 2.45) is 11.3 Å². The first-order valence-corrected chi connectivity index (χ1v) is 13.6. The fourth-order valence-corrected chi connectivity index (χ4v) is 6.53. The van der Waals surface area contributed by atoms with Crippen molar-refractivity contribution in [1.29, 1.82) is 5.26 Å². The van der Waals surface area contributed by atoms with Gasteiger partial charge in [-0.15, -0.1) is 28.1 Å². The number of thiophene rings is 1. The molecule has 1 aliphatic rings. The molecule has 0 saturated heterocycles. The standard InChI is InChI=1S/C27H31N5OS2/c1-5-13-32-23(14-18-9-7-6-8-10-18)30-31-26(32)34-17-24(33)29-25-21(16-28)20-12-11-19(27(2,3)4)15-22(20)35-25/h5-10,19H,1,11-15,17H2,2-4H3,(H,29,33)/t19-/m0/s1. The first kappa shape index (κ1) is 25.2. The number of carbonyl (C=O) groups excluding carboxylic acids is 1. The Morgan fingerprint density at radius 3 is 2.80 bits per heavy atom. The molecule has 1 amide bonds. The maximum absolute atomic E-state index is 12.8. The van der Waals surface area contributed by atoms with Crippen molar-refractivity contribution in [3.05, 3.63) is 70.4 Å². The monoisotopic (exact) mass is 505 g/mol. The van der Waals surface area contributed by atoms with Crippen LogP contribution in [0.25, 0.3) is 0 Å². The average molecular weight is 506 g/mol. The Bertz CT molecular complexity index is 1250. The Hall–Kier alpha value is -2.89. The number of hydrogen-bond donors (Lipinski definition) is 1. The molecule has 2 heterocycles. The second kappa shape index (κ2) is 10.8. The average Bonchev–Trinajstić information content (AvgIpc) is 3.37. The second-order valence-electron chi connectivity index (χ2n) is 9.92. The topological polar surface area (TPSA) is 83.6 Å². The third-order valence-electron chi connectivity index (χ3n) is 6.50. The first-order chi connectivity index (χ1) is 16.8. The van der Waals surface area contributed by atoms with Crippen LogP contribution < -0.4 is 5.32 Å². The van der Waals surface area contributed by atoms with Gasteiger partial charge in [0.25, 0.3) is 0 Å². The number of hydrogen-bond acceptors (Lipinski definition) is 6. The van der Waals surface area contributed by atoms with Crippen LogP contribution in [0.1, 0.15) is 54.6 Å². The van der Waals surface area contributed by atoms with Crippen LogP contribution in [0.4, 0.5) is 5.00 Å². The molecule has 4 rings (SSSR count). The van der Waals surface area contributed by atoms with Crippen molar-refractivity contribution in [3.63, 3.8) is 0 Å². The van der Waals surface area contributed by atoms with Crippen LogP contribution >= 0.6 is 23.1 Å². The van der Waals surface area contributed by atoms with E-state index in [1.807, 2.05) is 28.8 Å². The van der Waals surface area contributed by atoms with Gasteiger partial charge >= 0.3 is 0 Å². The number of nitriles is 1. The van der Waals surface area contributed by atoms with Crippen LogP contribution in [0.15, 0.2) is 48.1 Å². The summed E-state index contributed by atoms with van der Waals surface area (Å²) in [7, 11) is 0. The Balaban J connectivity index is 1.43. The van der Waals surface area contributed by atoms with Gasteiger partial charge in [0.2, 0.25) is 5.91 Å². The van der Waals surface area contributed by atoms with E-state index in [0.717, 1.165) is 36.2 Å². The second-order valence-corrected chi connectivity index (χ2v) is 12.0. The molecule has 1 atom stereocenters. The molecule has 1 aromatic carbocycles. The van der Waals surface area contributed by atoms with Crippen LogP contribution in [0.5, 0.6) is 0 Å². The molecule has 1 aliphatic carbocycles. The van der Waals surface area contributed by atoms with Gasteiger partial charge in [-0.1, -0.05) is 68.9 Å². The molecule has 0 unspecified atom stereocenters. The number of nitrogens with one attached hydrogen (secondary N) is 1. The van der Waals surface area contributed by atoms with Gasteiger partial charge in [0.15, 0.2) is 5.16 Å². The minimum absolute atomic E-state index is 0.143. The summed E-state index contributed by atoms with van der Waals surface area (Å²) in [4.78, 5) is 14.1. The summed E-state index contributed by atoms with van der Waals surface area (Å²) in [5, 5.41) is 22.8. The molecule has 0 fully saturated rings. The summed E-state index contributed by atoms with van der Waals surface area (Å²) in [5.41, 5.74) is 3.14. The van der Waals surface area contributed by atoms with Gasteiger partial charge in [-0.25, -0.2) is 0 Å². The molecule has 0 saturated carbocycles. The van der Waals surface area contributed by atoms with Crippen LogP contribution in [0, 0.1) is 22.7 Å². The number of fused-ring (bicyclic) bond motifs is 1. The summed E-state index contributed by atoms with van der Waals surface area (Å²) < 4.78 is 2.00. The van der Waals surface area contributed by atoms with Gasteiger partial charge < -0.3 is 9.88 Å². The van der Waals surface area contributed by atoms with Crippen molar-refractivity contribution in [2.75, 3.05) is 11.1 Å². The molecule has 182 valence electrons. The zero-order valence-corrected chi connectivity index (χ0v) is 22.1. The lowest BCUT2D eigenvalue weighted by molar-refractivity contribution is -0.113.